The molecule has 0 bridgehead atoms. The van der Waals surface area contributed by atoms with E-state index in [0.717, 1.165) is 16.5 Å². The quantitative estimate of drug-likeness (QED) is 0.102. The number of aromatic amines is 1. The number of fused-ring (bicyclic) bond motifs is 1. The topological polar surface area (TPSA) is 148 Å². The highest BCUT2D eigenvalue weighted by Crippen LogP contribution is 2.49. The molecule has 0 spiro atoms. The normalized spacial score (nSPS) is 14.4. The number of carbonyl (C=O) groups is 3. The first-order chi connectivity index (χ1) is 17.3. The van der Waals surface area contributed by atoms with E-state index in [9.17, 15) is 18.9 Å². The molecule has 0 aliphatic rings. The van der Waals surface area contributed by atoms with E-state index >= 15 is 0 Å². The maximum atomic E-state index is 12.9. The molecule has 2 rings (SSSR count). The highest BCUT2D eigenvalue weighted by Gasteiger charge is 2.28. The number of amides is 3. The molecule has 0 fully saturated rings. The first kappa shape index (κ1) is 29.3. The summed E-state index contributed by atoms with van der Waals surface area (Å²) in [5, 5.41) is 8.87. The van der Waals surface area contributed by atoms with Crippen molar-refractivity contribution in [3.63, 3.8) is 0 Å². The van der Waals surface area contributed by atoms with Gasteiger partial charge < -0.3 is 20.9 Å². The third-order valence-corrected chi connectivity index (χ3v) is 6.88. The number of benzene rings is 1. The van der Waals surface area contributed by atoms with E-state index in [2.05, 4.69) is 27.5 Å². The Labute approximate surface area is 210 Å². The molecule has 11 nitrogen and oxygen atoms in total. The highest BCUT2D eigenvalue weighted by molar-refractivity contribution is 7.48. The van der Waals surface area contributed by atoms with Crippen LogP contribution in [-0.4, -0.2) is 62.2 Å². The molecule has 1 heterocycles. The lowest BCUT2D eigenvalue weighted by Crippen LogP contribution is -2.51. The minimum atomic E-state index is -3.91. The zero-order valence-electron chi connectivity index (χ0n) is 20.7. The van der Waals surface area contributed by atoms with Crippen LogP contribution < -0.4 is 16.0 Å². The van der Waals surface area contributed by atoms with Gasteiger partial charge in [-0.3, -0.25) is 28.0 Å². The van der Waals surface area contributed by atoms with Crippen LogP contribution in [0.2, 0.25) is 0 Å². The second-order valence-corrected chi connectivity index (χ2v) is 9.70. The van der Waals surface area contributed by atoms with Crippen molar-refractivity contribution in [2.75, 3.05) is 32.9 Å². The van der Waals surface area contributed by atoms with Gasteiger partial charge in [0.1, 0.15) is 6.04 Å². The van der Waals surface area contributed by atoms with E-state index in [1.54, 1.807) is 6.20 Å². The van der Waals surface area contributed by atoms with Crippen LogP contribution in [0.15, 0.2) is 43.1 Å². The number of carbonyl (C=O) groups excluding carboxylic acids is 3. The van der Waals surface area contributed by atoms with Crippen molar-refractivity contribution in [2.45, 2.75) is 32.7 Å². The summed E-state index contributed by atoms with van der Waals surface area (Å²) in [6, 6.07) is 6.94. The van der Waals surface area contributed by atoms with Crippen molar-refractivity contribution in [3.8, 4) is 0 Å². The first-order valence-electron chi connectivity index (χ1n) is 11.8. The highest BCUT2D eigenvalue weighted by atomic mass is 31.2. The number of hydrogen-bond acceptors (Lipinski definition) is 7. The molecule has 1 aromatic carbocycles. The minimum Gasteiger partial charge on any atom is -0.361 e. The van der Waals surface area contributed by atoms with Crippen molar-refractivity contribution in [2.24, 2.45) is 5.92 Å². The lowest BCUT2D eigenvalue weighted by molar-refractivity contribution is -0.130. The predicted octanol–water partition coefficient (Wildman–Crippen LogP) is 2.45. The number of phosphoric ester groups is 1. The third-order valence-electron chi connectivity index (χ3n) is 5.42. The Morgan fingerprint density at radius 1 is 1.17 bits per heavy atom. The fraction of sp³-hybridized carbons (Fsp3) is 0.458. The molecule has 4 N–H and O–H groups in total. The molecule has 0 radical (unpaired) electrons. The second-order valence-electron chi connectivity index (χ2n) is 8.03. The van der Waals surface area contributed by atoms with Gasteiger partial charge in [-0.2, -0.15) is 0 Å². The molecule has 0 saturated carbocycles. The summed E-state index contributed by atoms with van der Waals surface area (Å²) in [6.45, 7) is 7.14. The zero-order valence-corrected chi connectivity index (χ0v) is 21.6. The average Bonchev–Trinajstić information content (AvgIpc) is 3.28. The maximum Gasteiger partial charge on any atom is 0.475 e. The van der Waals surface area contributed by atoms with Crippen molar-refractivity contribution < 1.29 is 32.5 Å². The molecule has 12 heteroatoms. The van der Waals surface area contributed by atoms with Crippen LogP contribution in [0, 0.1) is 5.92 Å². The van der Waals surface area contributed by atoms with Gasteiger partial charge in [0, 0.05) is 30.2 Å². The molecular weight excluding hydrogens is 487 g/mol. The Balaban J connectivity index is 1.89. The standard InChI is InChI=1S/C24H35N4O7P/c1-4-12-33-36(32,34-13-10-25-17-29)35-14-11-26-24(31)23(18(3)5-2)28-22(30)15-19-16-27-21-9-7-6-8-20(19)21/h4,6-9,16-18,23,27H,1,5,10-15H2,2-3H3,(H,25,29)(H,26,31)(H,28,30)/t18-,23-,36?/m0/s1. The predicted molar refractivity (Wildman–Crippen MR) is 136 cm³/mol. The molecule has 3 atom stereocenters. The summed E-state index contributed by atoms with van der Waals surface area (Å²) < 4.78 is 28.2. The van der Waals surface area contributed by atoms with Crippen LogP contribution >= 0.6 is 7.82 Å². The van der Waals surface area contributed by atoms with Gasteiger partial charge in [-0.15, -0.1) is 6.58 Å². The Morgan fingerprint density at radius 2 is 1.89 bits per heavy atom. The van der Waals surface area contributed by atoms with Gasteiger partial charge in [-0.05, 0) is 17.5 Å². The number of aromatic nitrogens is 1. The van der Waals surface area contributed by atoms with Crippen molar-refractivity contribution in [3.05, 3.63) is 48.7 Å². The SMILES string of the molecule is C=CCOP(=O)(OCCNC=O)OCCNC(=O)[C@@H](NC(=O)Cc1c[nH]c2ccccc12)[C@@H](C)CC. The Kier molecular flexibility index (Phi) is 12.4. The van der Waals surface area contributed by atoms with Gasteiger partial charge in [0.25, 0.3) is 0 Å². The average molecular weight is 523 g/mol. The third kappa shape index (κ3) is 9.23. The molecule has 0 aliphatic carbocycles. The summed E-state index contributed by atoms with van der Waals surface area (Å²) in [7, 11) is -3.91. The van der Waals surface area contributed by atoms with Gasteiger partial charge in [0.05, 0.1) is 26.2 Å². The number of hydrogen-bond donors (Lipinski definition) is 4. The van der Waals surface area contributed by atoms with Crippen LogP contribution in [0.25, 0.3) is 10.9 Å². The first-order valence-corrected chi connectivity index (χ1v) is 13.2. The van der Waals surface area contributed by atoms with Crippen LogP contribution in [-0.2, 0) is 38.9 Å². The molecule has 2 aromatic rings. The molecule has 0 aliphatic heterocycles. The van der Waals surface area contributed by atoms with E-state index in [1.165, 1.54) is 6.08 Å². The van der Waals surface area contributed by atoms with Gasteiger partial charge >= 0.3 is 7.82 Å². The second kappa shape index (κ2) is 15.2. The molecule has 1 unspecified atom stereocenters. The maximum absolute atomic E-state index is 12.9. The summed E-state index contributed by atoms with van der Waals surface area (Å²) >= 11 is 0. The van der Waals surface area contributed by atoms with Crippen LogP contribution in [0.3, 0.4) is 0 Å². The number of nitrogens with one attached hydrogen (secondary N) is 4. The van der Waals surface area contributed by atoms with E-state index in [1.807, 2.05) is 38.1 Å². The fourth-order valence-electron chi connectivity index (χ4n) is 3.35. The lowest BCUT2D eigenvalue weighted by Gasteiger charge is -2.24. The van der Waals surface area contributed by atoms with Gasteiger partial charge in [0.2, 0.25) is 18.2 Å². The van der Waals surface area contributed by atoms with E-state index in [4.69, 9.17) is 13.6 Å². The summed E-state index contributed by atoms with van der Waals surface area (Å²) in [6.07, 6.45) is 4.48. The van der Waals surface area contributed by atoms with Crippen LogP contribution in [0.4, 0.5) is 0 Å². The summed E-state index contributed by atoms with van der Waals surface area (Å²) in [5.74, 6) is -0.761. The molecule has 36 heavy (non-hydrogen) atoms. The van der Waals surface area contributed by atoms with Crippen molar-refractivity contribution in [1.82, 2.24) is 20.9 Å². The molecule has 1 aromatic heterocycles. The van der Waals surface area contributed by atoms with Gasteiger partial charge in [0.15, 0.2) is 0 Å². The number of rotatable bonds is 18. The Bertz CT molecular complexity index is 1060. The number of H-pyrrole nitrogens is 1. The summed E-state index contributed by atoms with van der Waals surface area (Å²) in [5.41, 5.74) is 1.79. The van der Waals surface area contributed by atoms with E-state index in [0.29, 0.717) is 12.8 Å². The Morgan fingerprint density at radius 3 is 2.58 bits per heavy atom. The van der Waals surface area contributed by atoms with Crippen LogP contribution in [0.1, 0.15) is 25.8 Å². The van der Waals surface area contributed by atoms with Gasteiger partial charge in [-0.1, -0.05) is 44.5 Å². The van der Waals surface area contributed by atoms with E-state index < -0.39 is 13.9 Å². The number of para-hydroxylation sites is 1. The number of phosphoric acid groups is 1. The van der Waals surface area contributed by atoms with Crippen LogP contribution in [0.5, 0.6) is 0 Å². The largest absolute Gasteiger partial charge is 0.475 e. The molecule has 3 amide bonds. The van der Waals surface area contributed by atoms with Gasteiger partial charge in [-0.25, -0.2) is 4.57 Å². The summed E-state index contributed by atoms with van der Waals surface area (Å²) in [4.78, 5) is 39.1. The van der Waals surface area contributed by atoms with E-state index in [-0.39, 0.29) is 57.1 Å². The lowest BCUT2D eigenvalue weighted by atomic mass is 9.98. The molecular formula is C24H35N4O7P. The molecule has 198 valence electrons. The smallest absolute Gasteiger partial charge is 0.361 e. The fourth-order valence-corrected chi connectivity index (χ4v) is 4.49. The Hall–Kier alpha value is -2.98. The monoisotopic (exact) mass is 522 g/mol. The zero-order chi connectivity index (χ0) is 26.4. The minimum absolute atomic E-state index is 0.0154. The van der Waals surface area contributed by atoms with Crippen molar-refractivity contribution in [1.29, 1.82) is 0 Å². The molecule has 0 saturated heterocycles. The van der Waals surface area contributed by atoms with Crippen molar-refractivity contribution >= 4 is 37.0 Å².